The lowest BCUT2D eigenvalue weighted by atomic mass is 10.0. The maximum absolute atomic E-state index is 6.32. The van der Waals surface area contributed by atoms with Gasteiger partial charge in [0.05, 0.1) is 6.04 Å². The van der Waals surface area contributed by atoms with Crippen LogP contribution >= 0.6 is 11.6 Å². The molecule has 0 aromatic heterocycles. The lowest BCUT2D eigenvalue weighted by Crippen LogP contribution is -2.06. The summed E-state index contributed by atoms with van der Waals surface area (Å²) < 4.78 is 5.89. The van der Waals surface area contributed by atoms with Crippen LogP contribution in [0.4, 0.5) is 0 Å². The molecule has 0 bridgehead atoms. The number of hydrogen-bond donors (Lipinski definition) is 1. The fourth-order valence-corrected chi connectivity index (χ4v) is 2.85. The molecule has 1 radical (unpaired) electrons. The topological polar surface area (TPSA) is 35.2 Å². The molecule has 0 aliphatic carbocycles. The van der Waals surface area contributed by atoms with Gasteiger partial charge in [-0.15, -0.1) is 0 Å². The van der Waals surface area contributed by atoms with Crippen molar-refractivity contribution < 1.29 is 4.74 Å². The van der Waals surface area contributed by atoms with Crippen LogP contribution in [-0.2, 0) is 6.61 Å². The first-order valence-electron chi connectivity index (χ1n) is 7.79. The van der Waals surface area contributed by atoms with Crippen LogP contribution in [0, 0.1) is 6.04 Å². The van der Waals surface area contributed by atoms with Gasteiger partial charge in [0.15, 0.2) is 0 Å². The van der Waals surface area contributed by atoms with Gasteiger partial charge in [0.1, 0.15) is 12.4 Å². The van der Waals surface area contributed by atoms with Crippen LogP contribution in [0.3, 0.4) is 0 Å². The molecule has 0 spiro atoms. The van der Waals surface area contributed by atoms with Crippen LogP contribution in [0.1, 0.15) is 18.1 Å². The quantitative estimate of drug-likeness (QED) is 0.672. The smallest absolute Gasteiger partial charge is 0.120 e. The number of rotatable bonds is 5. The molecule has 24 heavy (non-hydrogen) atoms. The SMILES string of the molecule is C[C](N)c1ccc(-c2cccc(OCc3ccccc3)c2)cc1Cl. The fraction of sp³-hybridized carbons (Fsp3) is 0.0952. The summed E-state index contributed by atoms with van der Waals surface area (Å²) in [7, 11) is 0. The van der Waals surface area contributed by atoms with Crippen LogP contribution in [0.25, 0.3) is 11.1 Å². The van der Waals surface area contributed by atoms with E-state index in [0.29, 0.717) is 17.7 Å². The summed E-state index contributed by atoms with van der Waals surface area (Å²) in [4.78, 5) is 0. The summed E-state index contributed by atoms with van der Waals surface area (Å²) in [6.45, 7) is 2.39. The zero-order chi connectivity index (χ0) is 16.9. The molecular formula is C21H19ClNO. The highest BCUT2D eigenvalue weighted by Crippen LogP contribution is 2.30. The first-order valence-corrected chi connectivity index (χ1v) is 8.17. The first kappa shape index (κ1) is 16.6. The van der Waals surface area contributed by atoms with Gasteiger partial charge in [0.25, 0.3) is 0 Å². The van der Waals surface area contributed by atoms with Crippen molar-refractivity contribution in [3.05, 3.63) is 95.0 Å². The maximum Gasteiger partial charge on any atom is 0.120 e. The minimum atomic E-state index is 0.547. The molecule has 0 fully saturated rings. The lowest BCUT2D eigenvalue weighted by Gasteiger charge is -2.11. The van der Waals surface area contributed by atoms with Gasteiger partial charge in [-0.3, -0.25) is 0 Å². The van der Waals surface area contributed by atoms with E-state index in [1.54, 1.807) is 0 Å². The second kappa shape index (κ2) is 7.52. The number of hydrogen-bond acceptors (Lipinski definition) is 2. The molecular weight excluding hydrogens is 318 g/mol. The van der Waals surface area contributed by atoms with E-state index < -0.39 is 0 Å². The van der Waals surface area contributed by atoms with Gasteiger partial charge in [0, 0.05) is 5.02 Å². The summed E-state index contributed by atoms with van der Waals surface area (Å²) in [6.07, 6.45) is 0. The van der Waals surface area contributed by atoms with Crippen LogP contribution in [0.15, 0.2) is 72.8 Å². The number of halogens is 1. The van der Waals surface area contributed by atoms with Gasteiger partial charge < -0.3 is 10.5 Å². The number of ether oxygens (including phenoxy) is 1. The Kier molecular flexibility index (Phi) is 5.19. The van der Waals surface area contributed by atoms with Crippen LogP contribution in [0.5, 0.6) is 5.75 Å². The van der Waals surface area contributed by atoms with E-state index >= 15 is 0 Å². The van der Waals surface area contributed by atoms with Crippen LogP contribution < -0.4 is 10.5 Å². The van der Waals surface area contributed by atoms with Gasteiger partial charge in [-0.2, -0.15) is 0 Å². The fourth-order valence-electron chi connectivity index (χ4n) is 2.52. The minimum absolute atomic E-state index is 0.547. The Labute approximate surface area is 147 Å². The largest absolute Gasteiger partial charge is 0.489 e. The van der Waals surface area contributed by atoms with Gasteiger partial charge in [-0.1, -0.05) is 66.2 Å². The molecule has 3 heteroatoms. The molecule has 2 N–H and O–H groups in total. The normalized spacial score (nSPS) is 10.8. The third-order valence-corrected chi connectivity index (χ3v) is 4.12. The third kappa shape index (κ3) is 3.97. The summed E-state index contributed by atoms with van der Waals surface area (Å²) in [5.74, 6) is 0.832. The molecule has 0 aliphatic rings. The zero-order valence-electron chi connectivity index (χ0n) is 13.5. The highest BCUT2D eigenvalue weighted by Gasteiger charge is 2.08. The molecule has 2 nitrogen and oxygen atoms in total. The van der Waals surface area contributed by atoms with Crippen molar-refractivity contribution in [1.29, 1.82) is 0 Å². The van der Waals surface area contributed by atoms with Crippen molar-refractivity contribution in [1.82, 2.24) is 0 Å². The molecule has 3 aromatic carbocycles. The predicted octanol–water partition coefficient (Wildman–Crippen LogP) is 5.44. The molecule has 0 atom stereocenters. The van der Waals surface area contributed by atoms with E-state index in [9.17, 15) is 0 Å². The molecule has 0 saturated carbocycles. The van der Waals surface area contributed by atoms with Crippen molar-refractivity contribution in [2.24, 2.45) is 5.73 Å². The van der Waals surface area contributed by atoms with Gasteiger partial charge in [-0.05, 0) is 47.4 Å². The average Bonchev–Trinajstić information content (AvgIpc) is 2.61. The third-order valence-electron chi connectivity index (χ3n) is 3.81. The van der Waals surface area contributed by atoms with Crippen molar-refractivity contribution in [2.75, 3.05) is 0 Å². The average molecular weight is 337 g/mol. The van der Waals surface area contributed by atoms with Gasteiger partial charge >= 0.3 is 0 Å². The lowest BCUT2D eigenvalue weighted by molar-refractivity contribution is 0.306. The second-order valence-corrected chi connectivity index (χ2v) is 6.09. The summed E-state index contributed by atoms with van der Waals surface area (Å²) in [6, 6.07) is 24.7. The molecule has 3 aromatic rings. The number of benzene rings is 3. The minimum Gasteiger partial charge on any atom is -0.489 e. The van der Waals surface area contributed by atoms with Crippen molar-refractivity contribution >= 4 is 11.6 Å². The number of nitrogens with two attached hydrogens (primary N) is 1. The molecule has 0 unspecified atom stereocenters. The Morgan fingerprint density at radius 1 is 0.917 bits per heavy atom. The van der Waals surface area contributed by atoms with Crippen LogP contribution in [0.2, 0.25) is 5.02 Å². The summed E-state index contributed by atoms with van der Waals surface area (Å²) >= 11 is 6.32. The summed E-state index contributed by atoms with van der Waals surface area (Å²) in [5.41, 5.74) is 9.95. The molecule has 0 saturated heterocycles. The predicted molar refractivity (Wildman–Crippen MR) is 99.9 cm³/mol. The summed E-state index contributed by atoms with van der Waals surface area (Å²) in [5, 5.41) is 0.656. The molecule has 0 amide bonds. The molecule has 0 aliphatic heterocycles. The Morgan fingerprint density at radius 3 is 2.38 bits per heavy atom. The maximum atomic E-state index is 6.32. The zero-order valence-corrected chi connectivity index (χ0v) is 14.3. The molecule has 121 valence electrons. The van der Waals surface area contributed by atoms with Crippen molar-refractivity contribution in [3.8, 4) is 16.9 Å². The second-order valence-electron chi connectivity index (χ2n) is 5.68. The standard InChI is InChI=1S/C21H19ClNO/c1-15(23)20-11-10-18(13-21(20)22)17-8-5-9-19(12-17)24-14-16-6-3-2-4-7-16/h2-13H,14,23H2,1H3. The monoisotopic (exact) mass is 336 g/mol. The van der Waals surface area contributed by atoms with E-state index in [1.165, 1.54) is 0 Å². The Balaban J connectivity index is 1.79. The van der Waals surface area contributed by atoms with Crippen molar-refractivity contribution in [3.63, 3.8) is 0 Å². The van der Waals surface area contributed by atoms with E-state index in [-0.39, 0.29) is 0 Å². The first-order chi connectivity index (χ1) is 11.6. The Hall–Kier alpha value is -2.29. The van der Waals surface area contributed by atoms with Crippen LogP contribution in [-0.4, -0.2) is 0 Å². The highest BCUT2D eigenvalue weighted by molar-refractivity contribution is 6.31. The van der Waals surface area contributed by atoms with E-state index in [0.717, 1.165) is 28.0 Å². The highest BCUT2D eigenvalue weighted by atomic mass is 35.5. The van der Waals surface area contributed by atoms with E-state index in [2.05, 4.69) is 0 Å². The van der Waals surface area contributed by atoms with Gasteiger partial charge in [0.2, 0.25) is 0 Å². The Morgan fingerprint density at radius 2 is 1.67 bits per heavy atom. The van der Waals surface area contributed by atoms with E-state index in [1.807, 2.05) is 79.7 Å². The van der Waals surface area contributed by atoms with Crippen molar-refractivity contribution in [2.45, 2.75) is 13.5 Å². The molecule has 3 rings (SSSR count). The van der Waals surface area contributed by atoms with E-state index in [4.69, 9.17) is 22.1 Å². The molecule has 0 heterocycles. The van der Waals surface area contributed by atoms with Gasteiger partial charge in [-0.25, -0.2) is 0 Å². The Bertz CT molecular complexity index is 815.